The highest BCUT2D eigenvalue weighted by molar-refractivity contribution is 6.33. The molecule has 0 radical (unpaired) electrons. The molecule has 0 aliphatic heterocycles. The maximum Gasteiger partial charge on any atom is 0.311 e. The summed E-state index contributed by atoms with van der Waals surface area (Å²) in [6.45, 7) is 2.46. The fourth-order valence-electron chi connectivity index (χ4n) is 2.28. The van der Waals surface area contributed by atoms with E-state index in [1.807, 2.05) is 31.2 Å². The topological polar surface area (TPSA) is 46.5 Å². The molecule has 0 aromatic heterocycles. The van der Waals surface area contributed by atoms with E-state index in [2.05, 4.69) is 0 Å². The molecule has 0 heterocycles. The van der Waals surface area contributed by atoms with E-state index in [-0.39, 0.29) is 0 Å². The predicted octanol–water partition coefficient (Wildman–Crippen LogP) is 4.80. The van der Waals surface area contributed by atoms with Crippen molar-refractivity contribution in [2.24, 2.45) is 0 Å². The van der Waals surface area contributed by atoms with Gasteiger partial charge >= 0.3 is 5.97 Å². The molecule has 2 aromatic carbocycles. The van der Waals surface area contributed by atoms with Crippen molar-refractivity contribution in [1.29, 1.82) is 0 Å². The molecule has 22 heavy (non-hydrogen) atoms. The zero-order chi connectivity index (χ0) is 16.1. The van der Waals surface area contributed by atoms with Crippen LogP contribution in [0.15, 0.2) is 42.5 Å². The molecular weight excluding hydrogens is 323 g/mol. The smallest absolute Gasteiger partial charge is 0.311 e. The Kier molecular flexibility index (Phi) is 5.69. The van der Waals surface area contributed by atoms with Crippen LogP contribution >= 0.6 is 23.2 Å². The second-order valence-electron chi connectivity index (χ2n) is 4.84. The summed E-state index contributed by atoms with van der Waals surface area (Å²) >= 11 is 12.1. The Balaban J connectivity index is 2.31. The number of benzene rings is 2. The van der Waals surface area contributed by atoms with E-state index in [9.17, 15) is 9.90 Å². The summed E-state index contributed by atoms with van der Waals surface area (Å²) < 4.78 is 5.44. The summed E-state index contributed by atoms with van der Waals surface area (Å²) in [5, 5.41) is 10.4. The number of carboxylic acids is 1. The lowest BCUT2D eigenvalue weighted by molar-refractivity contribution is -0.138. The van der Waals surface area contributed by atoms with Crippen molar-refractivity contribution in [3.05, 3.63) is 63.6 Å². The quantitative estimate of drug-likeness (QED) is 0.822. The summed E-state index contributed by atoms with van der Waals surface area (Å²) in [5.74, 6) is -0.976. The molecule has 0 spiro atoms. The van der Waals surface area contributed by atoms with Crippen molar-refractivity contribution >= 4 is 29.2 Å². The fraction of sp³-hybridized carbons (Fsp3) is 0.235. The first-order valence-corrected chi connectivity index (χ1v) is 7.66. The molecule has 0 aliphatic carbocycles. The van der Waals surface area contributed by atoms with Crippen LogP contribution in [-0.4, -0.2) is 17.7 Å². The monoisotopic (exact) mass is 338 g/mol. The number of carboxylic acid groups (broad SMARTS) is 1. The number of hydrogen-bond donors (Lipinski definition) is 1. The SMILES string of the molecule is CCOc1cccc(CC(C(=O)O)c2cc(Cl)ccc2Cl)c1. The molecule has 0 bridgehead atoms. The summed E-state index contributed by atoms with van der Waals surface area (Å²) in [6.07, 6.45) is 0.316. The van der Waals surface area contributed by atoms with Crippen molar-refractivity contribution in [2.75, 3.05) is 6.61 Å². The minimum absolute atomic E-state index is 0.316. The molecule has 0 saturated carbocycles. The van der Waals surface area contributed by atoms with E-state index in [0.29, 0.717) is 28.6 Å². The molecule has 1 unspecified atom stereocenters. The van der Waals surface area contributed by atoms with Crippen LogP contribution in [0, 0.1) is 0 Å². The first kappa shape index (κ1) is 16.7. The molecule has 1 atom stereocenters. The molecule has 2 rings (SSSR count). The lowest BCUT2D eigenvalue weighted by Gasteiger charge is -2.15. The van der Waals surface area contributed by atoms with Crippen molar-refractivity contribution < 1.29 is 14.6 Å². The van der Waals surface area contributed by atoms with Crippen LogP contribution in [0.3, 0.4) is 0 Å². The molecule has 116 valence electrons. The number of halogens is 2. The van der Waals surface area contributed by atoms with Gasteiger partial charge in [0.1, 0.15) is 5.75 Å². The number of hydrogen-bond acceptors (Lipinski definition) is 2. The lowest BCUT2D eigenvalue weighted by Crippen LogP contribution is -2.15. The van der Waals surface area contributed by atoms with Gasteiger partial charge in [0.05, 0.1) is 12.5 Å². The highest BCUT2D eigenvalue weighted by Crippen LogP contribution is 2.31. The molecule has 0 fully saturated rings. The van der Waals surface area contributed by atoms with Crippen LogP contribution in [0.4, 0.5) is 0 Å². The predicted molar refractivity (Wildman–Crippen MR) is 88.2 cm³/mol. The maximum absolute atomic E-state index is 11.6. The van der Waals surface area contributed by atoms with Crippen LogP contribution < -0.4 is 4.74 Å². The van der Waals surface area contributed by atoms with Crippen molar-refractivity contribution in [3.63, 3.8) is 0 Å². The van der Waals surface area contributed by atoms with Gasteiger partial charge in [-0.15, -0.1) is 0 Å². The zero-order valence-electron chi connectivity index (χ0n) is 12.1. The van der Waals surface area contributed by atoms with Crippen molar-refractivity contribution in [1.82, 2.24) is 0 Å². The van der Waals surface area contributed by atoms with Gasteiger partial charge in [-0.05, 0) is 54.8 Å². The Labute approximate surface area is 139 Å². The van der Waals surface area contributed by atoms with Crippen LogP contribution in [0.2, 0.25) is 10.0 Å². The van der Waals surface area contributed by atoms with Gasteiger partial charge in [-0.3, -0.25) is 4.79 Å². The van der Waals surface area contributed by atoms with Crippen molar-refractivity contribution in [2.45, 2.75) is 19.3 Å². The third kappa shape index (κ3) is 4.15. The van der Waals surface area contributed by atoms with Crippen LogP contribution in [0.1, 0.15) is 24.0 Å². The molecule has 2 aromatic rings. The first-order valence-electron chi connectivity index (χ1n) is 6.90. The molecule has 3 nitrogen and oxygen atoms in total. The fourth-order valence-corrected chi connectivity index (χ4v) is 2.71. The molecular formula is C17H16Cl2O3. The highest BCUT2D eigenvalue weighted by Gasteiger charge is 2.23. The molecule has 1 N–H and O–H groups in total. The minimum atomic E-state index is -0.939. The summed E-state index contributed by atoms with van der Waals surface area (Å²) in [4.78, 5) is 11.6. The molecule has 0 amide bonds. The minimum Gasteiger partial charge on any atom is -0.494 e. The molecule has 5 heteroatoms. The Morgan fingerprint density at radius 1 is 1.23 bits per heavy atom. The van der Waals surface area contributed by atoms with E-state index in [4.69, 9.17) is 27.9 Å². The maximum atomic E-state index is 11.6. The van der Waals surface area contributed by atoms with Crippen molar-refractivity contribution in [3.8, 4) is 5.75 Å². The Morgan fingerprint density at radius 2 is 2.00 bits per heavy atom. The van der Waals surface area contributed by atoms with Gasteiger partial charge < -0.3 is 9.84 Å². The average Bonchev–Trinajstić information content (AvgIpc) is 2.48. The van der Waals surface area contributed by atoms with E-state index >= 15 is 0 Å². The van der Waals surface area contributed by atoms with Gasteiger partial charge in [0.25, 0.3) is 0 Å². The Hall–Kier alpha value is -1.71. The number of ether oxygens (including phenoxy) is 1. The van der Waals surface area contributed by atoms with Gasteiger partial charge in [0.15, 0.2) is 0 Å². The second kappa shape index (κ2) is 7.52. The van der Waals surface area contributed by atoms with Gasteiger partial charge in [0.2, 0.25) is 0 Å². The van der Waals surface area contributed by atoms with Crippen LogP contribution in [0.25, 0.3) is 0 Å². The van der Waals surface area contributed by atoms with Gasteiger partial charge in [-0.1, -0.05) is 35.3 Å². The van der Waals surface area contributed by atoms with Crippen LogP contribution in [-0.2, 0) is 11.2 Å². The zero-order valence-corrected chi connectivity index (χ0v) is 13.6. The molecule has 0 aliphatic rings. The summed E-state index contributed by atoms with van der Waals surface area (Å²) in [6, 6.07) is 12.3. The third-order valence-electron chi connectivity index (χ3n) is 3.28. The van der Waals surface area contributed by atoms with E-state index in [0.717, 1.165) is 11.3 Å². The van der Waals surface area contributed by atoms with Crippen LogP contribution in [0.5, 0.6) is 5.75 Å². The standard InChI is InChI=1S/C17H16Cl2O3/c1-2-22-13-5-3-4-11(8-13)9-15(17(20)21)14-10-12(18)6-7-16(14)19/h3-8,10,15H,2,9H2,1H3,(H,20,21). The Bertz CT molecular complexity index is 671. The summed E-state index contributed by atoms with van der Waals surface area (Å²) in [5.41, 5.74) is 1.39. The van der Waals surface area contributed by atoms with E-state index < -0.39 is 11.9 Å². The third-order valence-corrected chi connectivity index (χ3v) is 3.86. The van der Waals surface area contributed by atoms with Gasteiger partial charge in [-0.25, -0.2) is 0 Å². The van der Waals surface area contributed by atoms with E-state index in [1.54, 1.807) is 18.2 Å². The number of carbonyl (C=O) groups is 1. The lowest BCUT2D eigenvalue weighted by atomic mass is 9.92. The average molecular weight is 339 g/mol. The molecule has 0 saturated heterocycles. The van der Waals surface area contributed by atoms with Gasteiger partial charge in [-0.2, -0.15) is 0 Å². The van der Waals surface area contributed by atoms with E-state index in [1.165, 1.54) is 0 Å². The second-order valence-corrected chi connectivity index (χ2v) is 5.68. The summed E-state index contributed by atoms with van der Waals surface area (Å²) in [7, 11) is 0. The number of aliphatic carboxylic acids is 1. The highest BCUT2D eigenvalue weighted by atomic mass is 35.5. The first-order chi connectivity index (χ1) is 10.5. The Morgan fingerprint density at radius 3 is 2.68 bits per heavy atom. The normalized spacial score (nSPS) is 12.0. The van der Waals surface area contributed by atoms with Gasteiger partial charge in [0, 0.05) is 10.0 Å². The largest absolute Gasteiger partial charge is 0.494 e. The number of rotatable bonds is 6.